The zero-order chi connectivity index (χ0) is 12.8. The van der Waals surface area contributed by atoms with Crippen molar-refractivity contribution in [2.24, 2.45) is 0 Å². The first-order valence-corrected chi connectivity index (χ1v) is 6.40. The third-order valence-corrected chi connectivity index (χ3v) is 3.00. The molecule has 1 heterocycles. The molecule has 0 bridgehead atoms. The van der Waals surface area contributed by atoms with Gasteiger partial charge in [-0.3, -0.25) is 4.98 Å². The fourth-order valence-corrected chi connectivity index (χ4v) is 2.02. The fourth-order valence-electron chi connectivity index (χ4n) is 1.85. The quantitative estimate of drug-likeness (QED) is 0.645. The number of unbranched alkanes of at least 4 members (excludes halogenated alkanes) is 2. The predicted molar refractivity (Wildman–Crippen MR) is 77.9 cm³/mol. The van der Waals surface area contributed by atoms with E-state index in [1.807, 2.05) is 24.3 Å². The lowest BCUT2D eigenvalue weighted by Crippen LogP contribution is -2.02. The Bertz CT molecular complexity index is 572. The summed E-state index contributed by atoms with van der Waals surface area (Å²) < 4.78 is 0. The van der Waals surface area contributed by atoms with Crippen LogP contribution in [0.25, 0.3) is 10.9 Å². The summed E-state index contributed by atoms with van der Waals surface area (Å²) in [5.74, 6) is 2.65. The Morgan fingerprint density at radius 2 is 2.17 bits per heavy atom. The smallest absolute Gasteiger partial charge is 0.0737 e. The monoisotopic (exact) mass is 258 g/mol. The van der Waals surface area contributed by atoms with Crippen LogP contribution in [0.15, 0.2) is 30.5 Å². The van der Waals surface area contributed by atoms with E-state index in [9.17, 15) is 0 Å². The Hall–Kier alpha value is -1.72. The predicted octanol–water partition coefficient (Wildman–Crippen LogP) is 4.10. The minimum atomic E-state index is 0.709. The molecule has 18 heavy (non-hydrogen) atoms. The van der Waals surface area contributed by atoms with Crippen molar-refractivity contribution in [1.82, 2.24) is 4.98 Å². The zero-order valence-corrected chi connectivity index (χ0v) is 10.9. The molecule has 0 aliphatic carbocycles. The van der Waals surface area contributed by atoms with E-state index in [4.69, 9.17) is 18.0 Å². The maximum Gasteiger partial charge on any atom is 0.0737 e. The van der Waals surface area contributed by atoms with Crippen molar-refractivity contribution < 1.29 is 0 Å². The second-order valence-corrected chi connectivity index (χ2v) is 4.54. The molecule has 2 nitrogen and oxygen atoms in total. The number of nitrogens with one attached hydrogen (secondary N) is 1. The van der Waals surface area contributed by atoms with E-state index in [1.165, 1.54) is 0 Å². The molecule has 3 heteroatoms. The molecule has 1 aromatic heterocycles. The summed E-state index contributed by atoms with van der Waals surface area (Å²) in [4.78, 5) is 4.31. The summed E-state index contributed by atoms with van der Waals surface area (Å²) in [6.07, 6.45) is 9.98. The van der Waals surface area contributed by atoms with Gasteiger partial charge in [0.25, 0.3) is 0 Å². The van der Waals surface area contributed by atoms with Crippen molar-refractivity contribution in [3.8, 4) is 12.3 Å². The normalized spacial score (nSPS) is 10.2. The highest BCUT2D eigenvalue weighted by atomic mass is 35.5. The van der Waals surface area contributed by atoms with Crippen molar-refractivity contribution in [2.75, 3.05) is 11.9 Å². The standard InChI is InChI=1S/C15H15ClN2/c1-2-3-4-5-9-17-14-8-10-18-15-11-12(16)6-7-13(14)15/h1,6-8,10-11H,3-5,9H2,(H,17,18). The molecular formula is C15H15ClN2. The lowest BCUT2D eigenvalue weighted by Gasteiger charge is -2.09. The molecule has 0 fully saturated rings. The SMILES string of the molecule is C#CCCCCNc1ccnc2cc(Cl)ccc12. The van der Waals surface area contributed by atoms with Gasteiger partial charge < -0.3 is 5.32 Å². The Balaban J connectivity index is 2.07. The van der Waals surface area contributed by atoms with Crippen LogP contribution in [0, 0.1) is 12.3 Å². The van der Waals surface area contributed by atoms with Gasteiger partial charge in [-0.05, 0) is 37.1 Å². The van der Waals surface area contributed by atoms with Crippen LogP contribution in [0.3, 0.4) is 0 Å². The number of terminal acetylenes is 1. The number of hydrogen-bond donors (Lipinski definition) is 1. The van der Waals surface area contributed by atoms with Crippen LogP contribution >= 0.6 is 11.6 Å². The summed E-state index contributed by atoms with van der Waals surface area (Å²) in [6, 6.07) is 7.74. The van der Waals surface area contributed by atoms with Gasteiger partial charge in [-0.15, -0.1) is 12.3 Å². The molecule has 0 radical (unpaired) electrons. The number of fused-ring (bicyclic) bond motifs is 1. The maximum atomic E-state index is 5.95. The molecule has 0 spiro atoms. The summed E-state index contributed by atoms with van der Waals surface area (Å²) >= 11 is 5.95. The molecular weight excluding hydrogens is 244 g/mol. The highest BCUT2D eigenvalue weighted by molar-refractivity contribution is 6.31. The molecule has 0 atom stereocenters. The number of anilines is 1. The van der Waals surface area contributed by atoms with Crippen molar-refractivity contribution in [3.63, 3.8) is 0 Å². The number of hydrogen-bond acceptors (Lipinski definition) is 2. The minimum Gasteiger partial charge on any atom is -0.384 e. The molecule has 0 aliphatic rings. The van der Waals surface area contributed by atoms with Crippen LogP contribution in [0.5, 0.6) is 0 Å². The van der Waals surface area contributed by atoms with Gasteiger partial charge in [0.1, 0.15) is 0 Å². The van der Waals surface area contributed by atoms with E-state index in [0.717, 1.165) is 42.4 Å². The maximum absolute atomic E-state index is 5.95. The van der Waals surface area contributed by atoms with Crippen LogP contribution in [0.1, 0.15) is 19.3 Å². The van der Waals surface area contributed by atoms with Gasteiger partial charge in [-0.25, -0.2) is 0 Å². The molecule has 0 saturated carbocycles. The van der Waals surface area contributed by atoms with Crippen LogP contribution in [-0.4, -0.2) is 11.5 Å². The lowest BCUT2D eigenvalue weighted by atomic mass is 10.2. The van der Waals surface area contributed by atoms with Crippen molar-refractivity contribution in [3.05, 3.63) is 35.5 Å². The first-order valence-electron chi connectivity index (χ1n) is 6.03. The Morgan fingerprint density at radius 3 is 3.00 bits per heavy atom. The van der Waals surface area contributed by atoms with Crippen LogP contribution in [-0.2, 0) is 0 Å². The van der Waals surface area contributed by atoms with Gasteiger partial charge in [0.15, 0.2) is 0 Å². The molecule has 92 valence electrons. The second kappa shape index (κ2) is 6.28. The number of pyridine rings is 1. The molecule has 0 unspecified atom stereocenters. The van der Waals surface area contributed by atoms with Crippen molar-refractivity contribution in [2.45, 2.75) is 19.3 Å². The largest absolute Gasteiger partial charge is 0.384 e. The molecule has 1 N–H and O–H groups in total. The van der Waals surface area contributed by atoms with Gasteiger partial charge in [-0.2, -0.15) is 0 Å². The first-order chi connectivity index (χ1) is 8.81. The average Bonchev–Trinajstić information content (AvgIpc) is 2.38. The molecule has 0 aliphatic heterocycles. The third-order valence-electron chi connectivity index (χ3n) is 2.77. The highest BCUT2D eigenvalue weighted by Gasteiger charge is 2.01. The average molecular weight is 259 g/mol. The van der Waals surface area contributed by atoms with E-state index in [2.05, 4.69) is 16.2 Å². The molecule has 0 saturated heterocycles. The van der Waals surface area contributed by atoms with Crippen LogP contribution in [0.4, 0.5) is 5.69 Å². The minimum absolute atomic E-state index is 0.709. The Labute approximate surface area is 112 Å². The number of halogens is 1. The first kappa shape index (κ1) is 12.7. The molecule has 0 amide bonds. The van der Waals surface area contributed by atoms with Crippen LogP contribution < -0.4 is 5.32 Å². The Morgan fingerprint density at radius 1 is 1.28 bits per heavy atom. The van der Waals surface area contributed by atoms with Gasteiger partial charge in [0.05, 0.1) is 5.52 Å². The number of rotatable bonds is 5. The lowest BCUT2D eigenvalue weighted by molar-refractivity contribution is 0.790. The van der Waals surface area contributed by atoms with E-state index in [-0.39, 0.29) is 0 Å². The van der Waals surface area contributed by atoms with Gasteiger partial charge in [0, 0.05) is 35.3 Å². The highest BCUT2D eigenvalue weighted by Crippen LogP contribution is 2.24. The second-order valence-electron chi connectivity index (χ2n) is 4.11. The topological polar surface area (TPSA) is 24.9 Å². The Kier molecular flexibility index (Phi) is 4.44. The summed E-state index contributed by atoms with van der Waals surface area (Å²) in [5, 5.41) is 5.22. The number of aromatic nitrogens is 1. The summed E-state index contributed by atoms with van der Waals surface area (Å²) in [6.45, 7) is 0.920. The number of nitrogens with zero attached hydrogens (tertiary/aromatic N) is 1. The van der Waals surface area contributed by atoms with Crippen molar-refractivity contribution >= 4 is 28.2 Å². The zero-order valence-electron chi connectivity index (χ0n) is 10.1. The molecule has 1 aromatic carbocycles. The van der Waals surface area contributed by atoms with E-state index >= 15 is 0 Å². The van der Waals surface area contributed by atoms with Crippen LogP contribution in [0.2, 0.25) is 5.02 Å². The molecule has 2 aromatic rings. The van der Waals surface area contributed by atoms with Gasteiger partial charge in [-0.1, -0.05) is 11.6 Å². The fraction of sp³-hybridized carbons (Fsp3) is 0.267. The van der Waals surface area contributed by atoms with Gasteiger partial charge >= 0.3 is 0 Å². The summed E-state index contributed by atoms with van der Waals surface area (Å²) in [7, 11) is 0. The van der Waals surface area contributed by atoms with E-state index < -0.39 is 0 Å². The third kappa shape index (κ3) is 3.15. The molecule has 2 rings (SSSR count). The number of benzene rings is 1. The summed E-state index contributed by atoms with van der Waals surface area (Å²) in [5.41, 5.74) is 2.01. The van der Waals surface area contributed by atoms with E-state index in [0.29, 0.717) is 5.02 Å². The van der Waals surface area contributed by atoms with Gasteiger partial charge in [0.2, 0.25) is 0 Å². The van der Waals surface area contributed by atoms with Crippen molar-refractivity contribution in [1.29, 1.82) is 0 Å². The van der Waals surface area contributed by atoms with E-state index in [1.54, 1.807) is 6.20 Å².